The Balaban J connectivity index is 1.47. The number of carbonyl (C=O) groups excluding carboxylic acids is 3. The smallest absolute Gasteiger partial charge is 0.325 e. The Labute approximate surface area is 175 Å². The van der Waals surface area contributed by atoms with E-state index >= 15 is 0 Å². The van der Waals surface area contributed by atoms with Crippen molar-refractivity contribution >= 4 is 17.8 Å². The highest BCUT2D eigenvalue weighted by Gasteiger charge is 2.54. The first-order chi connectivity index (χ1) is 14.3. The van der Waals surface area contributed by atoms with Crippen LogP contribution in [-0.2, 0) is 9.59 Å². The molecule has 2 unspecified atom stereocenters. The topological polar surface area (TPSA) is 96.3 Å². The van der Waals surface area contributed by atoms with E-state index in [2.05, 4.69) is 15.7 Å². The molecule has 1 saturated carbocycles. The summed E-state index contributed by atoms with van der Waals surface area (Å²) in [6, 6.07) is 8.07. The third kappa shape index (κ3) is 3.26. The van der Waals surface area contributed by atoms with Crippen LogP contribution in [0.5, 0.6) is 0 Å². The van der Waals surface area contributed by atoms with Crippen molar-refractivity contribution < 1.29 is 14.4 Å². The van der Waals surface area contributed by atoms with Crippen molar-refractivity contribution in [2.24, 2.45) is 0 Å². The molecule has 1 aliphatic heterocycles. The van der Waals surface area contributed by atoms with Gasteiger partial charge < -0.3 is 10.6 Å². The van der Waals surface area contributed by atoms with Gasteiger partial charge in [-0.1, -0.05) is 31.0 Å². The molecule has 4 rings (SSSR count). The second-order valence-electron chi connectivity index (χ2n) is 8.23. The number of nitrogens with zero attached hydrogens (tertiary/aromatic N) is 3. The predicted molar refractivity (Wildman–Crippen MR) is 111 cm³/mol. The molecular formula is C22H27N5O3. The Morgan fingerprint density at radius 2 is 1.83 bits per heavy atom. The Bertz CT molecular complexity index is 978. The van der Waals surface area contributed by atoms with E-state index in [1.807, 2.05) is 48.9 Å². The molecule has 2 fully saturated rings. The standard InChI is InChI=1S/C22H27N5O3/c1-14(18-13-23-27(15(18)2)17-9-5-4-6-10-17)24-19(28)16(3)26-20(29)22(25-21(26)30)11-7-8-12-22/h4-6,9-10,13-14,16H,7-8,11-12H2,1-3H3,(H,24,28)(H,25,30). The average molecular weight is 409 g/mol. The molecule has 0 radical (unpaired) electrons. The third-order valence-electron chi connectivity index (χ3n) is 6.29. The number of nitrogens with one attached hydrogen (secondary N) is 2. The average Bonchev–Trinajstić information content (AvgIpc) is 3.41. The van der Waals surface area contributed by atoms with Crippen LogP contribution in [0.25, 0.3) is 5.69 Å². The fourth-order valence-corrected chi connectivity index (χ4v) is 4.52. The number of rotatable bonds is 5. The van der Waals surface area contributed by atoms with Crippen LogP contribution in [0.1, 0.15) is 56.8 Å². The second kappa shape index (κ2) is 7.59. The lowest BCUT2D eigenvalue weighted by Gasteiger charge is -2.25. The van der Waals surface area contributed by atoms with Gasteiger partial charge in [0.05, 0.1) is 17.9 Å². The Morgan fingerprint density at radius 1 is 1.17 bits per heavy atom. The van der Waals surface area contributed by atoms with Gasteiger partial charge in [0.15, 0.2) is 0 Å². The van der Waals surface area contributed by atoms with Gasteiger partial charge in [0.1, 0.15) is 11.6 Å². The number of amides is 4. The maximum atomic E-state index is 12.9. The number of carbonyl (C=O) groups is 3. The van der Waals surface area contributed by atoms with E-state index in [1.54, 1.807) is 13.1 Å². The van der Waals surface area contributed by atoms with E-state index < -0.39 is 17.6 Å². The van der Waals surface area contributed by atoms with Crippen LogP contribution in [0.15, 0.2) is 36.5 Å². The lowest BCUT2D eigenvalue weighted by molar-refractivity contribution is -0.138. The summed E-state index contributed by atoms with van der Waals surface area (Å²) in [4.78, 5) is 39.3. The number of aromatic nitrogens is 2. The van der Waals surface area contributed by atoms with E-state index in [0.717, 1.165) is 34.7 Å². The van der Waals surface area contributed by atoms with Crippen LogP contribution in [-0.4, -0.2) is 44.1 Å². The molecule has 158 valence electrons. The fraction of sp³-hybridized carbons (Fsp3) is 0.455. The third-order valence-corrected chi connectivity index (χ3v) is 6.29. The number of benzene rings is 1. The van der Waals surface area contributed by atoms with Gasteiger partial charge >= 0.3 is 6.03 Å². The zero-order valence-electron chi connectivity index (χ0n) is 17.5. The maximum absolute atomic E-state index is 12.9. The van der Waals surface area contributed by atoms with E-state index in [0.29, 0.717) is 12.8 Å². The molecule has 2 heterocycles. The number of imide groups is 1. The van der Waals surface area contributed by atoms with Gasteiger partial charge in [0.25, 0.3) is 5.91 Å². The highest BCUT2D eigenvalue weighted by molar-refractivity contribution is 6.10. The first-order valence-corrected chi connectivity index (χ1v) is 10.4. The monoisotopic (exact) mass is 409 g/mol. The van der Waals surface area contributed by atoms with Crippen LogP contribution in [0.2, 0.25) is 0 Å². The molecule has 2 aliphatic rings. The highest BCUT2D eigenvalue weighted by atomic mass is 16.2. The van der Waals surface area contributed by atoms with Crippen LogP contribution in [0.3, 0.4) is 0 Å². The van der Waals surface area contributed by atoms with Gasteiger partial charge in [-0.15, -0.1) is 0 Å². The predicted octanol–water partition coefficient (Wildman–Crippen LogP) is 2.61. The molecule has 2 atom stereocenters. The maximum Gasteiger partial charge on any atom is 0.325 e. The summed E-state index contributed by atoms with van der Waals surface area (Å²) < 4.78 is 1.82. The van der Waals surface area contributed by atoms with Crippen molar-refractivity contribution in [2.45, 2.75) is 64.1 Å². The summed E-state index contributed by atoms with van der Waals surface area (Å²) in [5, 5.41) is 10.2. The quantitative estimate of drug-likeness (QED) is 0.742. The minimum absolute atomic E-state index is 0.284. The van der Waals surface area contributed by atoms with Gasteiger partial charge in [-0.3, -0.25) is 9.59 Å². The van der Waals surface area contributed by atoms with Crippen molar-refractivity contribution in [3.63, 3.8) is 0 Å². The summed E-state index contributed by atoms with van der Waals surface area (Å²) in [5.41, 5.74) is 1.92. The number of hydrogen-bond acceptors (Lipinski definition) is 4. The lowest BCUT2D eigenvalue weighted by Crippen LogP contribution is -2.50. The van der Waals surface area contributed by atoms with Gasteiger partial charge in [-0.2, -0.15) is 5.10 Å². The van der Waals surface area contributed by atoms with Gasteiger partial charge in [-0.05, 0) is 45.7 Å². The summed E-state index contributed by atoms with van der Waals surface area (Å²) in [5.74, 6) is -0.652. The SMILES string of the molecule is Cc1c(C(C)NC(=O)C(C)N2C(=O)NC3(CCCC3)C2=O)cnn1-c1ccccc1. The Morgan fingerprint density at radius 3 is 2.50 bits per heavy atom. The van der Waals surface area contributed by atoms with E-state index in [9.17, 15) is 14.4 Å². The lowest BCUT2D eigenvalue weighted by atomic mass is 9.97. The summed E-state index contributed by atoms with van der Waals surface area (Å²) >= 11 is 0. The fourth-order valence-electron chi connectivity index (χ4n) is 4.52. The minimum Gasteiger partial charge on any atom is -0.348 e. The van der Waals surface area contributed by atoms with Crippen molar-refractivity contribution in [1.29, 1.82) is 0 Å². The second-order valence-corrected chi connectivity index (χ2v) is 8.23. The van der Waals surface area contributed by atoms with Crippen molar-refractivity contribution in [3.8, 4) is 5.69 Å². The van der Waals surface area contributed by atoms with Crippen molar-refractivity contribution in [3.05, 3.63) is 47.8 Å². The van der Waals surface area contributed by atoms with E-state index in [1.165, 1.54) is 0 Å². The van der Waals surface area contributed by atoms with E-state index in [-0.39, 0.29) is 17.9 Å². The number of urea groups is 1. The first kappa shape index (κ1) is 20.1. The minimum atomic E-state index is -0.885. The highest BCUT2D eigenvalue weighted by Crippen LogP contribution is 2.35. The molecule has 1 saturated heterocycles. The normalized spacial score (nSPS) is 19.8. The summed E-state index contributed by atoms with van der Waals surface area (Å²) in [6.45, 7) is 5.41. The zero-order valence-corrected chi connectivity index (χ0v) is 17.5. The Hall–Kier alpha value is -3.16. The molecular weight excluding hydrogens is 382 g/mol. The number of hydrogen-bond donors (Lipinski definition) is 2. The van der Waals surface area contributed by atoms with Gasteiger partial charge in [0.2, 0.25) is 5.91 Å². The number of para-hydroxylation sites is 1. The molecule has 1 aromatic carbocycles. The Kier molecular flexibility index (Phi) is 5.09. The van der Waals surface area contributed by atoms with Gasteiger partial charge in [-0.25, -0.2) is 14.4 Å². The molecule has 4 amide bonds. The largest absolute Gasteiger partial charge is 0.348 e. The molecule has 1 aliphatic carbocycles. The molecule has 8 heteroatoms. The molecule has 30 heavy (non-hydrogen) atoms. The first-order valence-electron chi connectivity index (χ1n) is 10.4. The molecule has 1 aromatic heterocycles. The molecule has 0 bridgehead atoms. The summed E-state index contributed by atoms with van der Waals surface area (Å²) in [6.07, 6.45) is 4.82. The molecule has 2 N–H and O–H groups in total. The van der Waals surface area contributed by atoms with E-state index in [4.69, 9.17) is 0 Å². The van der Waals surface area contributed by atoms with Crippen LogP contribution in [0.4, 0.5) is 4.79 Å². The molecule has 8 nitrogen and oxygen atoms in total. The molecule has 1 spiro atoms. The van der Waals surface area contributed by atoms with Crippen molar-refractivity contribution in [2.75, 3.05) is 0 Å². The van der Waals surface area contributed by atoms with Crippen LogP contribution in [0, 0.1) is 6.92 Å². The zero-order chi connectivity index (χ0) is 21.5. The molecule has 2 aromatic rings. The summed E-state index contributed by atoms with van der Waals surface area (Å²) in [7, 11) is 0. The van der Waals surface area contributed by atoms with Gasteiger partial charge in [0, 0.05) is 11.3 Å². The van der Waals surface area contributed by atoms with Crippen LogP contribution < -0.4 is 10.6 Å². The van der Waals surface area contributed by atoms with Crippen molar-refractivity contribution in [1.82, 2.24) is 25.3 Å². The van der Waals surface area contributed by atoms with Crippen LogP contribution >= 0.6 is 0 Å².